The van der Waals surface area contributed by atoms with Gasteiger partial charge < -0.3 is 10.1 Å². The highest BCUT2D eigenvalue weighted by Crippen LogP contribution is 2.23. The topological polar surface area (TPSA) is 21.3 Å². The molecular weight excluding hydrogens is 222 g/mol. The Morgan fingerprint density at radius 1 is 1.22 bits per heavy atom. The highest BCUT2D eigenvalue weighted by Gasteiger charge is 2.20. The van der Waals surface area contributed by atoms with Gasteiger partial charge >= 0.3 is 0 Å². The lowest BCUT2D eigenvalue weighted by molar-refractivity contribution is 0.291. The van der Waals surface area contributed by atoms with Crippen molar-refractivity contribution in [3.63, 3.8) is 0 Å². The van der Waals surface area contributed by atoms with Crippen LogP contribution in [0.5, 0.6) is 5.75 Å². The molecule has 0 heterocycles. The first kappa shape index (κ1) is 15.0. The van der Waals surface area contributed by atoms with Gasteiger partial charge in [-0.1, -0.05) is 32.9 Å². The van der Waals surface area contributed by atoms with Crippen LogP contribution >= 0.6 is 0 Å². The third-order valence-electron chi connectivity index (χ3n) is 3.63. The Kier molecular flexibility index (Phi) is 6.20. The Labute approximate surface area is 112 Å². The van der Waals surface area contributed by atoms with Crippen LogP contribution in [0.2, 0.25) is 0 Å². The first-order valence-electron chi connectivity index (χ1n) is 6.94. The van der Waals surface area contributed by atoms with E-state index in [1.807, 2.05) is 6.07 Å². The fourth-order valence-corrected chi connectivity index (χ4v) is 2.53. The van der Waals surface area contributed by atoms with Crippen LogP contribution in [0.3, 0.4) is 0 Å². The molecule has 0 aliphatic heterocycles. The molecule has 0 aliphatic rings. The molecular formula is C16H27NO. The molecule has 0 saturated carbocycles. The zero-order valence-corrected chi connectivity index (χ0v) is 12.4. The van der Waals surface area contributed by atoms with Gasteiger partial charge in [-0.05, 0) is 49.4 Å². The number of nitrogens with one attached hydrogen (secondary N) is 1. The van der Waals surface area contributed by atoms with E-state index in [2.05, 4.69) is 51.2 Å². The maximum Gasteiger partial charge on any atom is 0.119 e. The van der Waals surface area contributed by atoms with Crippen molar-refractivity contribution in [2.45, 2.75) is 40.2 Å². The van der Waals surface area contributed by atoms with Crippen LogP contribution in [-0.2, 0) is 6.42 Å². The smallest absolute Gasteiger partial charge is 0.119 e. The minimum atomic E-state index is 0.543. The standard InChI is InChI=1S/C16H27NO/c1-6-17-13(4)16(12(2)3)11-14-8-7-9-15(10-14)18-5/h7-10,12-13,16-17H,6,11H2,1-5H3. The van der Waals surface area contributed by atoms with Gasteiger partial charge in [0.2, 0.25) is 0 Å². The predicted molar refractivity (Wildman–Crippen MR) is 78.2 cm³/mol. The maximum absolute atomic E-state index is 5.29. The average molecular weight is 249 g/mol. The molecule has 1 rings (SSSR count). The fraction of sp³-hybridized carbons (Fsp3) is 0.625. The monoisotopic (exact) mass is 249 g/mol. The summed E-state index contributed by atoms with van der Waals surface area (Å²) in [6.45, 7) is 10.1. The number of methoxy groups -OCH3 is 1. The molecule has 1 N–H and O–H groups in total. The van der Waals surface area contributed by atoms with Crippen LogP contribution in [0, 0.1) is 11.8 Å². The third-order valence-corrected chi connectivity index (χ3v) is 3.63. The first-order valence-corrected chi connectivity index (χ1v) is 6.94. The molecule has 0 bridgehead atoms. The zero-order valence-electron chi connectivity index (χ0n) is 12.4. The SMILES string of the molecule is CCNC(C)C(Cc1cccc(OC)c1)C(C)C. The van der Waals surface area contributed by atoms with Crippen molar-refractivity contribution in [3.05, 3.63) is 29.8 Å². The summed E-state index contributed by atoms with van der Waals surface area (Å²) in [4.78, 5) is 0. The summed E-state index contributed by atoms with van der Waals surface area (Å²) in [6.07, 6.45) is 1.10. The molecule has 0 fully saturated rings. The lowest BCUT2D eigenvalue weighted by atomic mass is 9.84. The fourth-order valence-electron chi connectivity index (χ4n) is 2.53. The summed E-state index contributed by atoms with van der Waals surface area (Å²) in [5, 5.41) is 3.54. The van der Waals surface area contributed by atoms with Crippen LogP contribution in [0.15, 0.2) is 24.3 Å². The quantitative estimate of drug-likeness (QED) is 0.798. The summed E-state index contributed by atoms with van der Waals surface area (Å²) >= 11 is 0. The number of rotatable bonds is 7. The second kappa shape index (κ2) is 7.42. The summed E-state index contributed by atoms with van der Waals surface area (Å²) in [5.74, 6) is 2.27. The van der Waals surface area contributed by atoms with E-state index < -0.39 is 0 Å². The largest absolute Gasteiger partial charge is 0.497 e. The van der Waals surface area contributed by atoms with Crippen LogP contribution in [0.25, 0.3) is 0 Å². The van der Waals surface area contributed by atoms with Crippen LogP contribution < -0.4 is 10.1 Å². The Bertz CT molecular complexity index is 349. The van der Waals surface area contributed by atoms with Gasteiger partial charge in [-0.15, -0.1) is 0 Å². The van der Waals surface area contributed by atoms with Crippen molar-refractivity contribution in [2.75, 3.05) is 13.7 Å². The number of hydrogen-bond donors (Lipinski definition) is 1. The van der Waals surface area contributed by atoms with Crippen molar-refractivity contribution >= 4 is 0 Å². The Morgan fingerprint density at radius 2 is 1.94 bits per heavy atom. The molecule has 18 heavy (non-hydrogen) atoms. The van der Waals surface area contributed by atoms with E-state index in [-0.39, 0.29) is 0 Å². The normalized spacial score (nSPS) is 14.6. The molecule has 0 radical (unpaired) electrons. The maximum atomic E-state index is 5.29. The minimum absolute atomic E-state index is 0.543. The van der Waals surface area contributed by atoms with Crippen molar-refractivity contribution in [2.24, 2.45) is 11.8 Å². The van der Waals surface area contributed by atoms with Crippen LogP contribution in [0.4, 0.5) is 0 Å². The molecule has 2 heteroatoms. The van der Waals surface area contributed by atoms with Gasteiger partial charge in [0.1, 0.15) is 5.75 Å². The van der Waals surface area contributed by atoms with Gasteiger partial charge in [0, 0.05) is 6.04 Å². The molecule has 0 amide bonds. The van der Waals surface area contributed by atoms with Gasteiger partial charge in [-0.25, -0.2) is 0 Å². The molecule has 1 aromatic carbocycles. The summed E-state index contributed by atoms with van der Waals surface area (Å²) < 4.78 is 5.29. The molecule has 0 aromatic heterocycles. The molecule has 2 unspecified atom stereocenters. The van der Waals surface area contributed by atoms with E-state index in [1.165, 1.54) is 5.56 Å². The van der Waals surface area contributed by atoms with Crippen molar-refractivity contribution in [1.29, 1.82) is 0 Å². The van der Waals surface area contributed by atoms with E-state index in [0.29, 0.717) is 17.9 Å². The lowest BCUT2D eigenvalue weighted by Gasteiger charge is -2.28. The summed E-state index contributed by atoms with van der Waals surface area (Å²) in [5.41, 5.74) is 1.36. The molecule has 2 nitrogen and oxygen atoms in total. The predicted octanol–water partition coefficient (Wildman–Crippen LogP) is 3.51. The first-order chi connectivity index (χ1) is 8.58. The van der Waals surface area contributed by atoms with Gasteiger partial charge in [0.25, 0.3) is 0 Å². The van der Waals surface area contributed by atoms with E-state index in [1.54, 1.807) is 7.11 Å². The molecule has 0 aliphatic carbocycles. The number of ether oxygens (including phenoxy) is 1. The van der Waals surface area contributed by atoms with Gasteiger partial charge in [-0.3, -0.25) is 0 Å². The molecule has 0 saturated heterocycles. The van der Waals surface area contributed by atoms with E-state index in [4.69, 9.17) is 4.74 Å². The molecule has 0 spiro atoms. The molecule has 1 aromatic rings. The Hall–Kier alpha value is -1.02. The van der Waals surface area contributed by atoms with Crippen molar-refractivity contribution in [3.8, 4) is 5.75 Å². The van der Waals surface area contributed by atoms with E-state index >= 15 is 0 Å². The van der Waals surface area contributed by atoms with E-state index in [0.717, 1.165) is 18.7 Å². The minimum Gasteiger partial charge on any atom is -0.497 e. The zero-order chi connectivity index (χ0) is 13.5. The van der Waals surface area contributed by atoms with Crippen LogP contribution in [0.1, 0.15) is 33.3 Å². The van der Waals surface area contributed by atoms with Crippen LogP contribution in [-0.4, -0.2) is 19.7 Å². The van der Waals surface area contributed by atoms with E-state index in [9.17, 15) is 0 Å². The molecule has 102 valence electrons. The number of benzene rings is 1. The highest BCUT2D eigenvalue weighted by atomic mass is 16.5. The highest BCUT2D eigenvalue weighted by molar-refractivity contribution is 5.28. The second-order valence-electron chi connectivity index (χ2n) is 5.31. The lowest BCUT2D eigenvalue weighted by Crippen LogP contribution is -2.37. The van der Waals surface area contributed by atoms with Gasteiger partial charge in [0.15, 0.2) is 0 Å². The van der Waals surface area contributed by atoms with Gasteiger partial charge in [-0.2, -0.15) is 0 Å². The summed E-state index contributed by atoms with van der Waals surface area (Å²) in [7, 11) is 1.72. The second-order valence-corrected chi connectivity index (χ2v) is 5.31. The van der Waals surface area contributed by atoms with Gasteiger partial charge in [0.05, 0.1) is 7.11 Å². The Morgan fingerprint density at radius 3 is 2.50 bits per heavy atom. The average Bonchev–Trinajstić information content (AvgIpc) is 2.36. The third kappa shape index (κ3) is 4.34. The summed E-state index contributed by atoms with van der Waals surface area (Å²) in [6, 6.07) is 8.96. The Balaban J connectivity index is 2.76. The molecule has 2 atom stereocenters. The van der Waals surface area contributed by atoms with Crippen molar-refractivity contribution in [1.82, 2.24) is 5.32 Å². The number of hydrogen-bond acceptors (Lipinski definition) is 2. The van der Waals surface area contributed by atoms with Crippen molar-refractivity contribution < 1.29 is 4.74 Å².